The topological polar surface area (TPSA) is 80.3 Å². The Hall–Kier alpha value is -1.55. The van der Waals surface area contributed by atoms with Gasteiger partial charge in [-0.3, -0.25) is 0 Å². The monoisotopic (exact) mass is 577 g/mol. The Balaban J connectivity index is 0.0000102. The van der Waals surface area contributed by atoms with Crippen molar-refractivity contribution in [1.82, 2.24) is 0 Å². The van der Waals surface area contributed by atoms with Gasteiger partial charge in [-0.05, 0) is 37.5 Å². The first kappa shape index (κ1) is 31.4. The van der Waals surface area contributed by atoms with Crippen molar-refractivity contribution in [2.24, 2.45) is 0 Å². The molecule has 186 valence electrons. The first-order chi connectivity index (χ1) is 15.6. The molecule has 0 heterocycles. The minimum atomic E-state index is -0.418. The first-order valence-electron chi connectivity index (χ1n) is 10.8. The van der Waals surface area contributed by atoms with Crippen LogP contribution < -0.4 is 28.7 Å². The number of rotatable bonds is 18. The average molecular weight is 577 g/mol. The molecular formula is C24H36INO7. The molecule has 0 aliphatic heterocycles. The number of aryl methyl sites for hydroxylation is 1. The van der Waals surface area contributed by atoms with E-state index in [4.69, 9.17) is 23.8 Å². The number of hydrogen-bond acceptors (Lipinski definition) is 7. The van der Waals surface area contributed by atoms with Gasteiger partial charge in [0.2, 0.25) is 11.4 Å². The fourth-order valence-corrected chi connectivity index (χ4v) is 3.23. The van der Waals surface area contributed by atoms with Crippen molar-refractivity contribution in [2.75, 3.05) is 60.9 Å². The van der Waals surface area contributed by atoms with Crippen molar-refractivity contribution in [3.05, 3.63) is 41.2 Å². The third-order valence-corrected chi connectivity index (χ3v) is 4.91. The van der Waals surface area contributed by atoms with Gasteiger partial charge in [-0.1, -0.05) is 12.1 Å². The maximum atomic E-state index is 12.0. The third-order valence-electron chi connectivity index (χ3n) is 4.91. The highest BCUT2D eigenvalue weighted by atomic mass is 127. The fraction of sp³-hybridized carbons (Fsp3) is 0.583. The Bertz CT molecular complexity index is 744. The average Bonchev–Trinajstić information content (AvgIpc) is 2.79. The molecule has 0 amide bonds. The second kappa shape index (κ2) is 18.8. The van der Waals surface area contributed by atoms with Gasteiger partial charge >= 0.3 is 0 Å². The van der Waals surface area contributed by atoms with Gasteiger partial charge in [-0.2, -0.15) is 4.84 Å². The summed E-state index contributed by atoms with van der Waals surface area (Å²) in [4.78, 5) is 30.3. The molecule has 9 heteroatoms. The predicted octanol–water partition coefficient (Wildman–Crippen LogP) is 0.0568. The van der Waals surface area contributed by atoms with Crippen LogP contribution in [0.4, 0.5) is 0 Å². The van der Waals surface area contributed by atoms with Crippen LogP contribution in [0.2, 0.25) is 0 Å². The summed E-state index contributed by atoms with van der Waals surface area (Å²) in [6, 6.07) is 7.66. The SMILES string of the molecule is COCCCCO[N+](CCOc1cccc(C)c1)(C(=C=O)CCOC)C(=C=O)CCOC.[I-]. The molecule has 0 atom stereocenters. The molecule has 1 rings (SSSR count). The first-order valence-corrected chi connectivity index (χ1v) is 10.8. The number of halogens is 1. The summed E-state index contributed by atoms with van der Waals surface area (Å²) in [6.45, 7) is 3.86. The lowest BCUT2D eigenvalue weighted by atomic mass is 10.2. The molecule has 0 bridgehead atoms. The highest BCUT2D eigenvalue weighted by molar-refractivity contribution is 5.53. The number of unbranched alkanes of at least 4 members (excludes halogenated alkanes) is 1. The second-order valence-electron chi connectivity index (χ2n) is 7.24. The van der Waals surface area contributed by atoms with Gasteiger partial charge in [0, 0.05) is 27.9 Å². The molecule has 0 fully saturated rings. The fourth-order valence-electron chi connectivity index (χ4n) is 3.23. The summed E-state index contributed by atoms with van der Waals surface area (Å²) in [5, 5.41) is 0. The molecule has 0 aliphatic rings. The highest BCUT2D eigenvalue weighted by Gasteiger charge is 2.42. The lowest BCUT2D eigenvalue weighted by Crippen LogP contribution is -3.00. The van der Waals surface area contributed by atoms with Gasteiger partial charge in [0.25, 0.3) is 0 Å². The maximum Gasteiger partial charge on any atom is 0.233 e. The number of hydroxylamine groups is 3. The van der Waals surface area contributed by atoms with Gasteiger partial charge in [0.05, 0.1) is 26.1 Å². The van der Waals surface area contributed by atoms with E-state index >= 15 is 0 Å². The van der Waals surface area contributed by atoms with Crippen LogP contribution in [0.25, 0.3) is 0 Å². The van der Waals surface area contributed by atoms with Crippen LogP contribution in [0.1, 0.15) is 31.2 Å². The zero-order valence-electron chi connectivity index (χ0n) is 20.1. The van der Waals surface area contributed by atoms with E-state index in [0.29, 0.717) is 25.4 Å². The van der Waals surface area contributed by atoms with E-state index in [1.54, 1.807) is 21.3 Å². The predicted molar refractivity (Wildman–Crippen MR) is 120 cm³/mol. The number of methoxy groups -OCH3 is 3. The molecule has 1 aromatic rings. The van der Waals surface area contributed by atoms with Crippen molar-refractivity contribution >= 4 is 11.9 Å². The molecule has 0 unspecified atom stereocenters. The van der Waals surface area contributed by atoms with Gasteiger partial charge in [0.15, 0.2) is 18.4 Å². The summed E-state index contributed by atoms with van der Waals surface area (Å²) in [7, 11) is 4.73. The minimum Gasteiger partial charge on any atom is -1.00 e. The van der Waals surface area contributed by atoms with Crippen LogP contribution in [0.3, 0.4) is 0 Å². The molecule has 0 spiro atoms. The van der Waals surface area contributed by atoms with E-state index in [2.05, 4.69) is 0 Å². The summed E-state index contributed by atoms with van der Waals surface area (Å²) in [6.07, 6.45) is 1.98. The van der Waals surface area contributed by atoms with Gasteiger partial charge < -0.3 is 42.9 Å². The molecule has 0 radical (unpaired) electrons. The van der Waals surface area contributed by atoms with E-state index < -0.39 is 4.65 Å². The highest BCUT2D eigenvalue weighted by Crippen LogP contribution is 2.29. The zero-order chi connectivity index (χ0) is 23.7. The minimum absolute atomic E-state index is 0. The molecule has 0 aliphatic carbocycles. The van der Waals surface area contributed by atoms with Crippen molar-refractivity contribution in [3.8, 4) is 5.75 Å². The van der Waals surface area contributed by atoms with Gasteiger partial charge in [0.1, 0.15) is 19.0 Å². The van der Waals surface area contributed by atoms with Crippen molar-refractivity contribution < 1.29 is 62.0 Å². The van der Waals surface area contributed by atoms with Crippen LogP contribution in [0, 0.1) is 6.92 Å². The lowest BCUT2D eigenvalue weighted by molar-refractivity contribution is -1.05. The maximum absolute atomic E-state index is 12.0. The van der Waals surface area contributed by atoms with Crippen LogP contribution in [-0.2, 0) is 28.6 Å². The molecular weight excluding hydrogens is 541 g/mol. The Kier molecular flexibility index (Phi) is 17.9. The Labute approximate surface area is 214 Å². The van der Waals surface area contributed by atoms with E-state index in [-0.39, 0.29) is 74.6 Å². The van der Waals surface area contributed by atoms with Crippen molar-refractivity contribution in [2.45, 2.75) is 32.6 Å². The number of carbonyl (C=O) groups excluding carboxylic acids is 2. The standard InChI is InChI=1S/C24H36NO7.HI/c1-21-8-7-9-24(18-21)31-17-12-25(22(19-26)10-15-29-3,23(20-27)11-16-30-4)32-14-6-5-13-28-2;/h7-9,18H,5-6,10-17H2,1-4H3;1H/q+1;/p-1. The number of nitrogens with zero attached hydrogens (tertiary/aromatic N) is 1. The van der Waals surface area contributed by atoms with Crippen LogP contribution in [-0.4, -0.2) is 77.4 Å². The molecule has 8 nitrogen and oxygen atoms in total. The summed E-state index contributed by atoms with van der Waals surface area (Å²) >= 11 is 0. The summed E-state index contributed by atoms with van der Waals surface area (Å²) < 4.78 is 20.9. The largest absolute Gasteiger partial charge is 1.00 e. The Morgan fingerprint density at radius 3 is 1.94 bits per heavy atom. The van der Waals surface area contributed by atoms with E-state index in [9.17, 15) is 9.59 Å². The van der Waals surface area contributed by atoms with E-state index in [1.165, 1.54) is 0 Å². The normalized spacial score (nSPS) is 12.1. The smallest absolute Gasteiger partial charge is 0.233 e. The third kappa shape index (κ3) is 10.9. The summed E-state index contributed by atoms with van der Waals surface area (Å²) in [5.41, 5.74) is 1.57. The van der Waals surface area contributed by atoms with Gasteiger partial charge in [-0.25, -0.2) is 9.59 Å². The second-order valence-corrected chi connectivity index (χ2v) is 7.24. The molecule has 0 saturated heterocycles. The van der Waals surface area contributed by atoms with Gasteiger partial charge in [-0.15, -0.1) is 4.65 Å². The lowest BCUT2D eigenvalue weighted by Gasteiger charge is -2.34. The molecule has 0 N–H and O–H groups in total. The number of ether oxygens (including phenoxy) is 4. The summed E-state index contributed by atoms with van der Waals surface area (Å²) in [5.74, 6) is 4.68. The molecule has 0 aromatic heterocycles. The molecule has 1 aromatic carbocycles. The zero-order valence-corrected chi connectivity index (χ0v) is 22.2. The number of benzene rings is 1. The van der Waals surface area contributed by atoms with Crippen LogP contribution in [0.15, 0.2) is 35.7 Å². The van der Waals surface area contributed by atoms with E-state index in [1.807, 2.05) is 43.1 Å². The number of hydrogen-bond donors (Lipinski definition) is 0. The quantitative estimate of drug-likeness (QED) is 0.0803. The Morgan fingerprint density at radius 2 is 1.42 bits per heavy atom. The van der Waals surface area contributed by atoms with Crippen molar-refractivity contribution in [1.29, 1.82) is 0 Å². The van der Waals surface area contributed by atoms with Crippen LogP contribution in [0.5, 0.6) is 5.75 Å². The van der Waals surface area contributed by atoms with Crippen molar-refractivity contribution in [3.63, 3.8) is 0 Å². The van der Waals surface area contributed by atoms with E-state index in [0.717, 1.165) is 12.0 Å². The number of quaternary nitrogens is 1. The van der Waals surface area contributed by atoms with Crippen LogP contribution >= 0.6 is 0 Å². The molecule has 33 heavy (non-hydrogen) atoms. The molecule has 0 saturated carbocycles. The Morgan fingerprint density at radius 1 is 0.848 bits per heavy atom.